The van der Waals surface area contributed by atoms with Gasteiger partial charge >= 0.3 is 37.7 Å². The fraction of sp³-hybridized carbons (Fsp3) is 0.333. The van der Waals surface area contributed by atoms with E-state index in [0.29, 0.717) is 6.92 Å². The van der Waals surface area contributed by atoms with Gasteiger partial charge in [-0.1, -0.05) is 18.2 Å². The first-order chi connectivity index (χ1) is 8.14. The number of hydrogen-bond acceptors (Lipinski definition) is 7. The van der Waals surface area contributed by atoms with Gasteiger partial charge < -0.3 is 28.5 Å². The smallest absolute Gasteiger partial charge is 0.776 e. The molecule has 0 aromatic heterocycles. The quantitative estimate of drug-likeness (QED) is 0.426. The Morgan fingerprint density at radius 2 is 1.55 bits per heavy atom. The zero-order chi connectivity index (χ0) is 14.0. The van der Waals surface area contributed by atoms with E-state index in [1.165, 1.54) is 24.3 Å². The molecule has 20 heavy (non-hydrogen) atoms. The number of benzene rings is 1. The van der Waals surface area contributed by atoms with Gasteiger partial charge in [-0.15, -0.1) is 0 Å². The van der Waals surface area contributed by atoms with E-state index in [-0.39, 0.29) is 43.5 Å². The van der Waals surface area contributed by atoms with E-state index in [2.05, 4.69) is 9.05 Å². The molecule has 11 heteroatoms. The Labute approximate surface area is 141 Å². The maximum Gasteiger partial charge on any atom is 1.00 e. The molecule has 102 valence electrons. The molecule has 3 unspecified atom stereocenters. The maximum atomic E-state index is 11.7. The molecule has 0 aliphatic rings. The third-order valence-electron chi connectivity index (χ3n) is 2.25. The summed E-state index contributed by atoms with van der Waals surface area (Å²) in [5.41, 5.74) is 0. The summed E-state index contributed by atoms with van der Waals surface area (Å²) in [6, 6.07) is 7.23. The van der Waals surface area contributed by atoms with Crippen molar-refractivity contribution in [3.8, 4) is 5.75 Å². The van der Waals surface area contributed by atoms with Crippen molar-refractivity contribution < 1.29 is 70.8 Å². The fourth-order valence-electron chi connectivity index (χ4n) is 1.03. The molecule has 0 fully saturated rings. The molecular formula is C9H12Li2O7P2. The van der Waals surface area contributed by atoms with Crippen molar-refractivity contribution in [3.05, 3.63) is 30.3 Å². The largest absolute Gasteiger partial charge is 1.00 e. The molecule has 1 N–H and O–H groups in total. The third kappa shape index (κ3) is 4.77. The average molecular weight is 308 g/mol. The Bertz CT molecular complexity index is 508. The van der Waals surface area contributed by atoms with Gasteiger partial charge in [-0.05, 0) is 19.1 Å². The molecule has 0 aliphatic carbocycles. The summed E-state index contributed by atoms with van der Waals surface area (Å²) in [5, 5.41) is 6.48. The van der Waals surface area contributed by atoms with Crippen LogP contribution in [-0.4, -0.2) is 17.3 Å². The van der Waals surface area contributed by atoms with E-state index >= 15 is 0 Å². The van der Waals surface area contributed by atoms with Gasteiger partial charge in [0, 0.05) is 7.11 Å². The fourth-order valence-corrected chi connectivity index (χ4v) is 3.52. The van der Waals surface area contributed by atoms with Crippen LogP contribution in [0.15, 0.2) is 30.3 Å². The van der Waals surface area contributed by atoms with Gasteiger partial charge in [0.25, 0.3) is 0 Å². The Balaban J connectivity index is 0. The molecule has 1 aromatic carbocycles. The second-order valence-corrected chi connectivity index (χ2v) is 8.18. The molecule has 0 saturated carbocycles. The standard InChI is InChI=1S/C9H14O7P2.2Li/c1-9(10,17(11,12)15-2)18(13,14)16-8-6-4-3-5-7-8;;/h3-7,10H,1-2H3,(H,11,12)(H,13,14);;/q;2*+1/p-2. The first-order valence-corrected chi connectivity index (χ1v) is 7.87. The minimum atomic E-state index is -5.15. The molecule has 0 heterocycles. The normalized spacial score (nSPS) is 19.2. The average Bonchev–Trinajstić information content (AvgIpc) is 2.29. The van der Waals surface area contributed by atoms with Gasteiger partial charge in [-0.3, -0.25) is 4.57 Å². The van der Waals surface area contributed by atoms with E-state index in [4.69, 9.17) is 0 Å². The number of aliphatic hydroxyl groups is 1. The molecule has 0 aliphatic heterocycles. The first-order valence-electron chi connectivity index (χ1n) is 4.79. The Kier molecular flexibility index (Phi) is 9.38. The van der Waals surface area contributed by atoms with Crippen molar-refractivity contribution in [1.82, 2.24) is 0 Å². The van der Waals surface area contributed by atoms with Crippen LogP contribution in [0.5, 0.6) is 5.75 Å². The summed E-state index contributed by atoms with van der Waals surface area (Å²) >= 11 is 0. The van der Waals surface area contributed by atoms with Crippen LogP contribution in [0.2, 0.25) is 0 Å². The third-order valence-corrected chi connectivity index (χ3v) is 6.72. The van der Waals surface area contributed by atoms with E-state index < -0.39 is 20.3 Å². The summed E-state index contributed by atoms with van der Waals surface area (Å²) in [6.45, 7) is 0.584. The van der Waals surface area contributed by atoms with Crippen LogP contribution in [0.3, 0.4) is 0 Å². The Morgan fingerprint density at radius 1 is 1.10 bits per heavy atom. The topological polar surface area (TPSA) is 119 Å². The molecule has 0 spiro atoms. The van der Waals surface area contributed by atoms with Crippen LogP contribution in [0.1, 0.15) is 6.92 Å². The summed E-state index contributed by atoms with van der Waals surface area (Å²) in [6.07, 6.45) is 0. The van der Waals surface area contributed by atoms with Gasteiger partial charge in [0.2, 0.25) is 7.60 Å². The Morgan fingerprint density at radius 3 is 1.95 bits per heavy atom. The van der Waals surface area contributed by atoms with Crippen molar-refractivity contribution >= 4 is 15.2 Å². The predicted molar refractivity (Wildman–Crippen MR) is 59.9 cm³/mol. The molecule has 7 nitrogen and oxygen atoms in total. The number of rotatable bonds is 5. The van der Waals surface area contributed by atoms with Crippen molar-refractivity contribution in [2.75, 3.05) is 7.11 Å². The van der Waals surface area contributed by atoms with Crippen molar-refractivity contribution in [2.45, 2.75) is 12.0 Å². The SMILES string of the molecule is COP(=O)([O-])C(C)(O)P(=O)([O-])Oc1ccccc1.[Li+].[Li+]. The van der Waals surface area contributed by atoms with E-state index in [0.717, 1.165) is 7.11 Å². The van der Waals surface area contributed by atoms with Crippen molar-refractivity contribution in [2.24, 2.45) is 0 Å². The summed E-state index contributed by atoms with van der Waals surface area (Å²) < 4.78 is 31.7. The zero-order valence-corrected chi connectivity index (χ0v) is 13.5. The molecule has 0 bridgehead atoms. The van der Waals surface area contributed by atoms with Gasteiger partial charge in [-0.2, -0.15) is 0 Å². The molecule has 0 radical (unpaired) electrons. The molecule has 0 amide bonds. The zero-order valence-electron chi connectivity index (χ0n) is 11.7. The second-order valence-electron chi connectivity index (χ2n) is 3.55. The van der Waals surface area contributed by atoms with Gasteiger partial charge in [-0.25, -0.2) is 0 Å². The van der Waals surface area contributed by atoms with E-state index in [1.807, 2.05) is 0 Å². The maximum absolute atomic E-state index is 11.7. The summed E-state index contributed by atoms with van der Waals surface area (Å²) in [7, 11) is -9.43. The van der Waals surface area contributed by atoms with Crippen molar-refractivity contribution in [1.29, 1.82) is 0 Å². The second kappa shape index (κ2) is 8.23. The van der Waals surface area contributed by atoms with E-state index in [1.54, 1.807) is 6.07 Å². The summed E-state index contributed by atoms with van der Waals surface area (Å²) in [4.78, 5) is 23.1. The Hall–Kier alpha value is 0.515. The van der Waals surface area contributed by atoms with Gasteiger partial charge in [0.05, 0.1) is 0 Å². The number of para-hydroxylation sites is 1. The molecule has 3 atom stereocenters. The monoisotopic (exact) mass is 308 g/mol. The minimum absolute atomic E-state index is 0. The predicted octanol–water partition coefficient (Wildman–Crippen LogP) is -5.51. The van der Waals surface area contributed by atoms with Gasteiger partial charge in [0.15, 0.2) is 12.7 Å². The minimum Gasteiger partial charge on any atom is -0.776 e. The van der Waals surface area contributed by atoms with Crippen LogP contribution in [-0.2, 0) is 13.7 Å². The summed E-state index contributed by atoms with van der Waals surface area (Å²) in [5.74, 6) is -0.104. The van der Waals surface area contributed by atoms with Crippen LogP contribution in [0.4, 0.5) is 0 Å². The van der Waals surface area contributed by atoms with Crippen LogP contribution in [0, 0.1) is 0 Å². The van der Waals surface area contributed by atoms with Crippen LogP contribution in [0.25, 0.3) is 0 Å². The van der Waals surface area contributed by atoms with Gasteiger partial charge in [0.1, 0.15) is 5.75 Å². The van der Waals surface area contributed by atoms with E-state index in [9.17, 15) is 24.0 Å². The molecule has 1 aromatic rings. The van der Waals surface area contributed by atoms with Crippen LogP contribution < -0.4 is 52.0 Å². The molecular weight excluding hydrogens is 296 g/mol. The molecule has 0 saturated heterocycles. The molecule has 1 rings (SSSR count). The van der Waals surface area contributed by atoms with Crippen LogP contribution >= 0.6 is 15.2 Å². The first kappa shape index (κ1) is 22.8. The van der Waals surface area contributed by atoms with Crippen molar-refractivity contribution in [3.63, 3.8) is 0 Å². The number of hydrogen-bond donors (Lipinski definition) is 1.